The average Bonchev–Trinajstić information content (AvgIpc) is 2.22. The van der Waals surface area contributed by atoms with Gasteiger partial charge in [-0.2, -0.15) is 5.06 Å². The van der Waals surface area contributed by atoms with Crippen LogP contribution >= 0.6 is 7.92 Å². The number of hydrogen-bond acceptors (Lipinski definition) is 6. The van der Waals surface area contributed by atoms with Gasteiger partial charge in [0.1, 0.15) is 5.60 Å². The Kier molecular flexibility index (Phi) is 4.92. The van der Waals surface area contributed by atoms with Gasteiger partial charge in [0.05, 0.1) is 0 Å². The van der Waals surface area contributed by atoms with E-state index in [0.29, 0.717) is 0 Å². The molecule has 126 valence electrons. The first-order valence-corrected chi connectivity index (χ1v) is 8.04. The Labute approximate surface area is 129 Å². The topological polar surface area (TPSA) is 124 Å². The lowest BCUT2D eigenvalue weighted by molar-refractivity contribution is -0.270. The van der Waals surface area contributed by atoms with E-state index in [2.05, 4.69) is 0 Å². The van der Waals surface area contributed by atoms with Crippen LogP contribution in [0.4, 0.5) is 14.4 Å². The van der Waals surface area contributed by atoms with Crippen LogP contribution in [0.25, 0.3) is 0 Å². The summed E-state index contributed by atoms with van der Waals surface area (Å²) in [5.41, 5.74) is -7.13. The molecule has 1 rings (SSSR count). The second kappa shape index (κ2) is 5.76. The predicted octanol–water partition coefficient (Wildman–Crippen LogP) is 3.76. The molecule has 0 aliphatic carbocycles. The molecule has 8 nitrogen and oxygen atoms in total. The van der Waals surface area contributed by atoms with Crippen LogP contribution in [0.3, 0.4) is 0 Å². The molecule has 0 atom stereocenters. The Morgan fingerprint density at radius 1 is 0.955 bits per heavy atom. The lowest BCUT2D eigenvalue weighted by atomic mass is 9.73. The van der Waals surface area contributed by atoms with Crippen molar-refractivity contribution in [2.24, 2.45) is 0 Å². The lowest BCUT2D eigenvalue weighted by Gasteiger charge is -2.54. The molecule has 1 fully saturated rings. The summed E-state index contributed by atoms with van der Waals surface area (Å²) in [4.78, 5) is 33.8. The fourth-order valence-corrected chi connectivity index (χ4v) is 4.22. The Bertz CT molecular complexity index is 471. The molecule has 22 heavy (non-hydrogen) atoms. The van der Waals surface area contributed by atoms with Gasteiger partial charge in [-0.3, -0.25) is 0 Å². The van der Waals surface area contributed by atoms with E-state index in [0.717, 1.165) is 0 Å². The van der Waals surface area contributed by atoms with E-state index >= 15 is 0 Å². The van der Waals surface area contributed by atoms with E-state index in [-0.39, 0.29) is 12.8 Å². The molecule has 1 aliphatic rings. The highest BCUT2D eigenvalue weighted by Crippen LogP contribution is 2.47. The number of nitrogens with zero attached hydrogens (tertiary/aromatic N) is 1. The van der Waals surface area contributed by atoms with Crippen LogP contribution in [0.15, 0.2) is 0 Å². The molecule has 0 unspecified atom stereocenters. The third-order valence-electron chi connectivity index (χ3n) is 3.66. The number of carboxylic acid groups (broad SMARTS) is 2. The zero-order valence-corrected chi connectivity index (χ0v) is 14.2. The summed E-state index contributed by atoms with van der Waals surface area (Å²) in [6.07, 6.45) is 0.488. The molecule has 0 spiro atoms. The summed E-state index contributed by atoms with van der Waals surface area (Å²) in [5.74, 6) is 0. The Balaban J connectivity index is 3.03. The molecule has 1 saturated heterocycles. The molecule has 9 heteroatoms. The number of ether oxygens (including phenoxy) is 1. The van der Waals surface area contributed by atoms with E-state index in [4.69, 9.17) is 14.9 Å². The fourth-order valence-electron chi connectivity index (χ4n) is 3.43. The van der Waals surface area contributed by atoms with Gasteiger partial charge in [-0.1, -0.05) is 0 Å². The maximum absolute atomic E-state index is 12.0. The molecule has 0 amide bonds. The van der Waals surface area contributed by atoms with Crippen molar-refractivity contribution in [2.75, 3.05) is 0 Å². The van der Waals surface area contributed by atoms with E-state index in [1.807, 2.05) is 0 Å². The smallest absolute Gasteiger partial charge is 0.349 e. The van der Waals surface area contributed by atoms with Gasteiger partial charge in [0.2, 0.25) is 7.92 Å². The minimum absolute atomic E-state index is 0.244. The van der Waals surface area contributed by atoms with E-state index in [1.165, 1.54) is 5.06 Å². The van der Waals surface area contributed by atoms with Crippen molar-refractivity contribution in [1.29, 1.82) is 0 Å². The van der Waals surface area contributed by atoms with Crippen LogP contribution < -0.4 is 0 Å². The third kappa shape index (κ3) is 3.74. The number of rotatable bonds is 4. The summed E-state index contributed by atoms with van der Waals surface area (Å²) < 4.78 is 5.27. The van der Waals surface area contributed by atoms with Crippen molar-refractivity contribution in [3.63, 3.8) is 0 Å². The first-order valence-electron chi connectivity index (χ1n) is 6.70. The normalized spacial score (nSPS) is 23.0. The highest BCUT2D eigenvalue weighted by atomic mass is 31.1. The van der Waals surface area contributed by atoms with Gasteiger partial charge in [-0.15, -0.1) is 0 Å². The van der Waals surface area contributed by atoms with Crippen molar-refractivity contribution < 1.29 is 34.5 Å². The predicted molar refractivity (Wildman–Crippen MR) is 78.9 cm³/mol. The molecule has 0 bridgehead atoms. The first-order chi connectivity index (χ1) is 9.72. The van der Waals surface area contributed by atoms with Crippen LogP contribution in [0.1, 0.15) is 47.5 Å². The summed E-state index contributed by atoms with van der Waals surface area (Å²) in [5, 5.41) is 29.2. The molecule has 0 saturated carbocycles. The SMILES string of the molecule is CC1(OC(=O)P(C(=O)O)C(=O)O)CC(C)(C)N(O)C(C)(C)C1. The van der Waals surface area contributed by atoms with Crippen LogP contribution in [-0.4, -0.2) is 54.3 Å². The van der Waals surface area contributed by atoms with Crippen molar-refractivity contribution in [1.82, 2.24) is 5.06 Å². The summed E-state index contributed by atoms with van der Waals surface area (Å²) >= 11 is 0. The molecular weight excluding hydrogens is 313 g/mol. The van der Waals surface area contributed by atoms with Crippen LogP contribution in [0.5, 0.6) is 0 Å². The van der Waals surface area contributed by atoms with Crippen molar-refractivity contribution in [2.45, 2.75) is 64.1 Å². The van der Waals surface area contributed by atoms with E-state index in [9.17, 15) is 19.6 Å². The molecule has 1 aliphatic heterocycles. The van der Waals surface area contributed by atoms with E-state index in [1.54, 1.807) is 34.6 Å². The Morgan fingerprint density at radius 3 is 1.64 bits per heavy atom. The highest BCUT2D eigenvalue weighted by Gasteiger charge is 2.53. The summed E-state index contributed by atoms with van der Waals surface area (Å²) in [7, 11) is -2.97. The van der Waals surface area contributed by atoms with Crippen molar-refractivity contribution in [3.05, 3.63) is 0 Å². The van der Waals surface area contributed by atoms with Crippen molar-refractivity contribution in [3.8, 4) is 0 Å². The van der Waals surface area contributed by atoms with E-state index < -0.39 is 41.7 Å². The second-order valence-electron chi connectivity index (χ2n) is 7.01. The van der Waals surface area contributed by atoms with Gasteiger partial charge in [0, 0.05) is 23.9 Å². The minimum atomic E-state index is -2.97. The molecule has 0 aromatic carbocycles. The number of hydroxylamine groups is 2. The highest BCUT2D eigenvalue weighted by molar-refractivity contribution is 8.00. The minimum Gasteiger partial charge on any atom is -0.477 e. The van der Waals surface area contributed by atoms with Crippen LogP contribution in [-0.2, 0) is 4.74 Å². The van der Waals surface area contributed by atoms with Gasteiger partial charge in [-0.25, -0.2) is 14.4 Å². The van der Waals surface area contributed by atoms with Crippen LogP contribution in [0.2, 0.25) is 0 Å². The molecule has 0 radical (unpaired) electrons. The molecule has 0 aromatic rings. The number of carbonyl (C=O) groups is 3. The third-order valence-corrected chi connectivity index (χ3v) is 4.88. The monoisotopic (exact) mass is 335 g/mol. The van der Waals surface area contributed by atoms with Gasteiger partial charge >= 0.3 is 17.1 Å². The zero-order valence-electron chi connectivity index (χ0n) is 13.3. The maximum Gasteiger partial charge on any atom is 0.349 e. The number of carbonyl (C=O) groups excluding carboxylic acids is 1. The largest absolute Gasteiger partial charge is 0.477 e. The molecule has 1 heterocycles. The Morgan fingerprint density at radius 2 is 1.32 bits per heavy atom. The van der Waals surface area contributed by atoms with Gasteiger partial charge in [0.25, 0.3) is 0 Å². The number of piperidine rings is 1. The quantitative estimate of drug-likeness (QED) is 0.663. The summed E-state index contributed by atoms with van der Waals surface area (Å²) in [6.45, 7) is 8.67. The zero-order chi connectivity index (χ0) is 17.5. The molecule has 3 N–H and O–H groups in total. The summed E-state index contributed by atoms with van der Waals surface area (Å²) in [6, 6.07) is 0. The fraction of sp³-hybridized carbons (Fsp3) is 0.769. The second-order valence-corrected chi connectivity index (χ2v) is 8.81. The average molecular weight is 335 g/mol. The van der Waals surface area contributed by atoms with Gasteiger partial charge in [-0.05, 0) is 34.6 Å². The molecule has 0 aromatic heterocycles. The number of hydrogen-bond donors (Lipinski definition) is 3. The first kappa shape index (κ1) is 18.8. The van der Waals surface area contributed by atoms with Gasteiger partial charge < -0.3 is 20.2 Å². The molecular formula is C13H22NO7P. The Hall–Kier alpha value is -1.24. The lowest BCUT2D eigenvalue weighted by Crippen LogP contribution is -2.64. The van der Waals surface area contributed by atoms with Crippen LogP contribution in [0, 0.1) is 0 Å². The van der Waals surface area contributed by atoms with Gasteiger partial charge in [0.15, 0.2) is 0 Å². The standard InChI is InChI=1S/C13H22NO7P/c1-11(2)6-13(5,7-12(3,4)14(11)20)21-10(19)22(8(15)16)9(17)18/h20H,6-7H2,1-5H3,(H,15,16)(H,17,18). The maximum atomic E-state index is 12.0. The van der Waals surface area contributed by atoms with Crippen molar-refractivity contribution >= 4 is 25.1 Å².